The summed E-state index contributed by atoms with van der Waals surface area (Å²) in [5, 5.41) is 3.50. The van der Waals surface area contributed by atoms with Crippen LogP contribution >= 0.6 is 34.5 Å². The number of nitrogens with one attached hydrogen (secondary N) is 1. The van der Waals surface area contributed by atoms with Crippen LogP contribution in [-0.4, -0.2) is 19.7 Å². The van der Waals surface area contributed by atoms with E-state index in [1.165, 1.54) is 11.3 Å². The largest absolute Gasteiger partial charge is 0.371 e. The van der Waals surface area contributed by atoms with E-state index >= 15 is 0 Å². The third kappa shape index (κ3) is 3.02. The van der Waals surface area contributed by atoms with E-state index in [0.717, 1.165) is 46.8 Å². The Morgan fingerprint density at radius 1 is 1.44 bits per heavy atom. The molecule has 5 heteroatoms. The molecule has 2 rings (SSSR count). The Morgan fingerprint density at radius 2 is 2.17 bits per heavy atom. The summed E-state index contributed by atoms with van der Waals surface area (Å²) in [6.07, 6.45) is 2.27. The number of hydrogen-bond donors (Lipinski definition) is 1. The second kappa shape index (κ2) is 6.10. The minimum Gasteiger partial charge on any atom is -0.371 e. The van der Waals surface area contributed by atoms with Gasteiger partial charge in [-0.2, -0.15) is 0 Å². The van der Waals surface area contributed by atoms with E-state index in [1.54, 1.807) is 0 Å². The topological polar surface area (TPSA) is 21.3 Å². The highest BCUT2D eigenvalue weighted by Gasteiger charge is 2.32. The van der Waals surface area contributed by atoms with Crippen LogP contribution < -0.4 is 5.32 Å². The smallest absolute Gasteiger partial charge is 0.100 e. The summed E-state index contributed by atoms with van der Waals surface area (Å²) in [5.74, 6) is 0. The van der Waals surface area contributed by atoms with Gasteiger partial charge in [0.15, 0.2) is 0 Å². The number of halogens is 2. The first-order chi connectivity index (χ1) is 8.60. The minimum absolute atomic E-state index is 0.0150. The monoisotopic (exact) mass is 307 g/mol. The molecule has 0 amide bonds. The van der Waals surface area contributed by atoms with E-state index in [9.17, 15) is 0 Å². The molecule has 1 saturated heterocycles. The van der Waals surface area contributed by atoms with Crippen LogP contribution in [0.4, 0.5) is 0 Å². The molecule has 1 aliphatic heterocycles. The van der Waals surface area contributed by atoms with Gasteiger partial charge in [0.25, 0.3) is 0 Å². The fourth-order valence-electron chi connectivity index (χ4n) is 2.33. The summed E-state index contributed by atoms with van der Waals surface area (Å²) in [7, 11) is 0. The van der Waals surface area contributed by atoms with Crippen molar-refractivity contribution in [2.24, 2.45) is 5.41 Å². The predicted octanol–water partition coefficient (Wildman–Crippen LogP) is 4.52. The van der Waals surface area contributed by atoms with Crippen molar-refractivity contribution in [1.29, 1.82) is 0 Å². The molecule has 1 aromatic heterocycles. The van der Waals surface area contributed by atoms with Crippen LogP contribution in [0.1, 0.15) is 38.4 Å². The Morgan fingerprint density at radius 3 is 2.72 bits per heavy atom. The second-order valence-corrected chi connectivity index (χ2v) is 7.20. The first-order valence-electron chi connectivity index (χ1n) is 6.37. The highest BCUT2D eigenvalue weighted by atomic mass is 35.5. The van der Waals surface area contributed by atoms with Gasteiger partial charge in [-0.25, -0.2) is 0 Å². The van der Waals surface area contributed by atoms with Gasteiger partial charge >= 0.3 is 0 Å². The molecule has 1 unspecified atom stereocenters. The zero-order valence-corrected chi connectivity index (χ0v) is 13.1. The molecule has 1 fully saturated rings. The summed E-state index contributed by atoms with van der Waals surface area (Å²) in [5.41, 5.74) is 1.27. The van der Waals surface area contributed by atoms with E-state index < -0.39 is 0 Å². The zero-order chi connectivity index (χ0) is 13.2. The van der Waals surface area contributed by atoms with Crippen molar-refractivity contribution < 1.29 is 4.74 Å². The molecule has 1 N–H and O–H groups in total. The average Bonchev–Trinajstić information content (AvgIpc) is 2.60. The summed E-state index contributed by atoms with van der Waals surface area (Å²) in [4.78, 5) is 0. The maximum atomic E-state index is 6.20. The van der Waals surface area contributed by atoms with Gasteiger partial charge in [-0.15, -0.1) is 11.3 Å². The lowest BCUT2D eigenvalue weighted by molar-refractivity contribution is 0.0105. The summed E-state index contributed by atoms with van der Waals surface area (Å²) < 4.78 is 7.55. The third-order valence-electron chi connectivity index (χ3n) is 3.95. The number of rotatable bonds is 3. The molecular formula is C13H19Cl2NOS. The normalized spacial score (nSPS) is 23.9. The van der Waals surface area contributed by atoms with Crippen molar-refractivity contribution >= 4 is 34.5 Å². The van der Waals surface area contributed by atoms with Crippen molar-refractivity contribution in [2.45, 2.75) is 32.8 Å². The van der Waals surface area contributed by atoms with E-state index in [-0.39, 0.29) is 11.5 Å². The number of thiophene rings is 1. The Hall–Kier alpha value is 0.200. The van der Waals surface area contributed by atoms with Gasteiger partial charge in [-0.05, 0) is 18.9 Å². The van der Waals surface area contributed by atoms with Crippen molar-refractivity contribution in [3.63, 3.8) is 0 Å². The van der Waals surface area contributed by atoms with Gasteiger partial charge in [0.2, 0.25) is 0 Å². The molecule has 2 heterocycles. The molecule has 0 bridgehead atoms. The van der Waals surface area contributed by atoms with E-state index in [0.29, 0.717) is 0 Å². The summed E-state index contributed by atoms with van der Waals surface area (Å²) in [6, 6.07) is 1.92. The lowest BCUT2D eigenvalue weighted by Gasteiger charge is -2.29. The Bertz CT molecular complexity index is 404. The van der Waals surface area contributed by atoms with E-state index in [1.807, 2.05) is 6.07 Å². The molecule has 0 saturated carbocycles. The Kier molecular flexibility index (Phi) is 4.95. The van der Waals surface area contributed by atoms with Gasteiger partial charge < -0.3 is 10.1 Å². The third-order valence-corrected chi connectivity index (χ3v) is 5.47. The molecule has 0 aliphatic carbocycles. The predicted molar refractivity (Wildman–Crippen MR) is 78.9 cm³/mol. The SMILES string of the molecule is CCC1(CC)CNCC(c2cc(Cl)sc2Cl)OC1. The van der Waals surface area contributed by atoms with Gasteiger partial charge in [-0.3, -0.25) is 0 Å². The van der Waals surface area contributed by atoms with Crippen molar-refractivity contribution in [3.8, 4) is 0 Å². The van der Waals surface area contributed by atoms with Crippen molar-refractivity contribution in [2.75, 3.05) is 19.7 Å². The van der Waals surface area contributed by atoms with Crippen LogP contribution in [0.25, 0.3) is 0 Å². The number of hydrogen-bond acceptors (Lipinski definition) is 3. The molecular weight excluding hydrogens is 289 g/mol. The first-order valence-corrected chi connectivity index (χ1v) is 7.94. The van der Waals surface area contributed by atoms with Crippen LogP contribution in [0.3, 0.4) is 0 Å². The quantitative estimate of drug-likeness (QED) is 0.886. The molecule has 0 spiro atoms. The first kappa shape index (κ1) is 14.6. The standard InChI is InChI=1S/C13H19Cl2NOS/c1-3-13(4-2)7-16-6-10(17-8-13)9-5-11(14)18-12(9)15/h5,10,16H,3-4,6-8H2,1-2H3. The summed E-state index contributed by atoms with van der Waals surface area (Å²) >= 11 is 13.6. The van der Waals surface area contributed by atoms with E-state index in [4.69, 9.17) is 27.9 Å². The highest BCUT2D eigenvalue weighted by molar-refractivity contribution is 7.20. The minimum atomic E-state index is 0.0150. The van der Waals surface area contributed by atoms with Gasteiger partial charge in [0, 0.05) is 24.1 Å². The molecule has 0 aromatic carbocycles. The van der Waals surface area contributed by atoms with Crippen molar-refractivity contribution in [3.05, 3.63) is 20.3 Å². The van der Waals surface area contributed by atoms with Crippen LogP contribution in [0.15, 0.2) is 6.07 Å². The van der Waals surface area contributed by atoms with Crippen LogP contribution in [0, 0.1) is 5.41 Å². The van der Waals surface area contributed by atoms with Gasteiger partial charge in [-0.1, -0.05) is 37.0 Å². The van der Waals surface area contributed by atoms with Crippen LogP contribution in [-0.2, 0) is 4.74 Å². The Labute approximate surface area is 123 Å². The van der Waals surface area contributed by atoms with E-state index in [2.05, 4.69) is 19.2 Å². The van der Waals surface area contributed by atoms with Crippen molar-refractivity contribution in [1.82, 2.24) is 5.32 Å². The fraction of sp³-hybridized carbons (Fsp3) is 0.692. The number of ether oxygens (including phenoxy) is 1. The molecule has 18 heavy (non-hydrogen) atoms. The van der Waals surface area contributed by atoms with Gasteiger partial charge in [0.05, 0.1) is 17.0 Å². The second-order valence-electron chi connectivity index (χ2n) is 4.92. The van der Waals surface area contributed by atoms with Crippen LogP contribution in [0.5, 0.6) is 0 Å². The molecule has 1 atom stereocenters. The lowest BCUT2D eigenvalue weighted by atomic mass is 9.83. The molecule has 0 radical (unpaired) electrons. The summed E-state index contributed by atoms with van der Waals surface area (Å²) in [6.45, 7) is 7.04. The molecule has 102 valence electrons. The lowest BCUT2D eigenvalue weighted by Crippen LogP contribution is -2.34. The maximum Gasteiger partial charge on any atom is 0.100 e. The highest BCUT2D eigenvalue weighted by Crippen LogP contribution is 2.38. The molecule has 1 aromatic rings. The maximum absolute atomic E-state index is 6.20. The zero-order valence-electron chi connectivity index (χ0n) is 10.8. The Balaban J connectivity index is 2.12. The molecule has 1 aliphatic rings. The van der Waals surface area contributed by atoms with Crippen LogP contribution in [0.2, 0.25) is 8.67 Å². The molecule has 2 nitrogen and oxygen atoms in total. The van der Waals surface area contributed by atoms with Gasteiger partial charge in [0.1, 0.15) is 4.34 Å². The fourth-order valence-corrected chi connectivity index (χ4v) is 3.89. The average molecular weight is 308 g/mol.